The third-order valence-electron chi connectivity index (χ3n) is 3.62. The number of rotatable bonds is 5. The van der Waals surface area contributed by atoms with Crippen LogP contribution in [0.1, 0.15) is 23.7 Å². The van der Waals surface area contributed by atoms with Gasteiger partial charge in [-0.3, -0.25) is 19.7 Å². The number of benzene rings is 2. The van der Waals surface area contributed by atoms with E-state index in [9.17, 15) is 19.7 Å². The van der Waals surface area contributed by atoms with Gasteiger partial charge in [0.25, 0.3) is 11.6 Å². The minimum atomic E-state index is -0.644. The first-order valence-corrected chi connectivity index (χ1v) is 9.02. The van der Waals surface area contributed by atoms with Crippen molar-refractivity contribution in [2.75, 3.05) is 10.6 Å². The molecule has 8 nitrogen and oxygen atoms in total. The molecule has 3 aromatic rings. The molecule has 138 valence electrons. The van der Waals surface area contributed by atoms with Gasteiger partial charge in [-0.15, -0.1) is 0 Å². The van der Waals surface area contributed by atoms with Gasteiger partial charge in [-0.05, 0) is 30.3 Å². The van der Waals surface area contributed by atoms with Crippen molar-refractivity contribution in [2.24, 2.45) is 0 Å². The highest BCUT2D eigenvalue weighted by molar-refractivity contribution is 7.22. The Hall–Kier alpha value is -3.04. The highest BCUT2D eigenvalue weighted by Gasteiger charge is 2.16. The van der Waals surface area contributed by atoms with Gasteiger partial charge in [-0.2, -0.15) is 0 Å². The Bertz CT molecular complexity index is 1070. The molecule has 0 spiro atoms. The maximum absolute atomic E-state index is 12.4. The van der Waals surface area contributed by atoms with Gasteiger partial charge < -0.3 is 10.6 Å². The molecule has 0 aliphatic rings. The molecule has 1 heterocycles. The lowest BCUT2D eigenvalue weighted by molar-refractivity contribution is -0.384. The lowest BCUT2D eigenvalue weighted by atomic mass is 10.2. The average Bonchev–Trinajstić information content (AvgIpc) is 3.03. The highest BCUT2D eigenvalue weighted by Crippen LogP contribution is 2.29. The van der Waals surface area contributed by atoms with Gasteiger partial charge >= 0.3 is 0 Å². The number of anilines is 2. The molecule has 0 aliphatic carbocycles. The van der Waals surface area contributed by atoms with Crippen LogP contribution >= 0.6 is 22.9 Å². The Morgan fingerprint density at radius 3 is 2.70 bits per heavy atom. The number of amides is 2. The molecule has 0 aliphatic heterocycles. The Kier molecular flexibility index (Phi) is 5.33. The molecule has 2 amide bonds. The zero-order chi connectivity index (χ0) is 19.6. The van der Waals surface area contributed by atoms with E-state index in [4.69, 9.17) is 11.6 Å². The summed E-state index contributed by atoms with van der Waals surface area (Å²) in [5.41, 5.74) is 0.971. The summed E-state index contributed by atoms with van der Waals surface area (Å²) in [7, 11) is 0. The molecule has 10 heteroatoms. The first kappa shape index (κ1) is 18.7. The molecule has 2 aromatic carbocycles. The standard InChI is InChI=1S/C17H13ClN4O4S/c1-2-15(23)21-17-20-12-6-4-10(8-14(12)27-17)19-16(24)9-3-5-11(18)13(7-9)22(25)26/h3-8H,2H2,1H3,(H,19,24)(H,20,21,23). The van der Waals surface area contributed by atoms with Crippen molar-refractivity contribution in [1.82, 2.24) is 4.98 Å². The predicted octanol–water partition coefficient (Wildman–Crippen LogP) is 4.46. The number of nitro groups is 1. The summed E-state index contributed by atoms with van der Waals surface area (Å²) in [4.78, 5) is 38.5. The number of nitrogens with one attached hydrogen (secondary N) is 2. The molecule has 0 radical (unpaired) electrons. The SMILES string of the molecule is CCC(=O)Nc1nc2ccc(NC(=O)c3ccc(Cl)c([N+](=O)[O-])c3)cc2s1. The summed E-state index contributed by atoms with van der Waals surface area (Å²) < 4.78 is 0.779. The van der Waals surface area contributed by atoms with Crippen LogP contribution in [0.25, 0.3) is 10.2 Å². The molecule has 0 unspecified atom stereocenters. The Morgan fingerprint density at radius 2 is 2.00 bits per heavy atom. The summed E-state index contributed by atoms with van der Waals surface area (Å²) in [6.07, 6.45) is 0.352. The molecule has 3 rings (SSSR count). The molecule has 0 saturated carbocycles. The number of halogens is 1. The summed E-state index contributed by atoms with van der Waals surface area (Å²) >= 11 is 7.05. The van der Waals surface area contributed by atoms with Gasteiger partial charge in [0.2, 0.25) is 5.91 Å². The third-order valence-corrected chi connectivity index (χ3v) is 4.87. The Labute approximate surface area is 162 Å². The van der Waals surface area contributed by atoms with Crippen LogP contribution in [-0.4, -0.2) is 21.7 Å². The topological polar surface area (TPSA) is 114 Å². The molecule has 0 saturated heterocycles. The van der Waals surface area contributed by atoms with Crippen LogP contribution in [0.4, 0.5) is 16.5 Å². The van der Waals surface area contributed by atoms with Gasteiger partial charge in [-0.1, -0.05) is 29.9 Å². The molecular weight excluding hydrogens is 392 g/mol. The Morgan fingerprint density at radius 1 is 1.22 bits per heavy atom. The van der Waals surface area contributed by atoms with Crippen molar-refractivity contribution in [3.63, 3.8) is 0 Å². The summed E-state index contributed by atoms with van der Waals surface area (Å²) in [5.74, 6) is -0.634. The number of nitrogens with zero attached hydrogens (tertiary/aromatic N) is 2. The number of fused-ring (bicyclic) bond motifs is 1. The smallest absolute Gasteiger partial charge is 0.288 e. The van der Waals surface area contributed by atoms with Crippen molar-refractivity contribution in [3.05, 3.63) is 57.1 Å². The van der Waals surface area contributed by atoms with Gasteiger partial charge in [0.15, 0.2) is 5.13 Å². The highest BCUT2D eigenvalue weighted by atomic mass is 35.5. The van der Waals surface area contributed by atoms with E-state index >= 15 is 0 Å². The number of carbonyl (C=O) groups is 2. The molecule has 27 heavy (non-hydrogen) atoms. The van der Waals surface area contributed by atoms with Crippen LogP contribution in [0.3, 0.4) is 0 Å². The fourth-order valence-electron chi connectivity index (χ4n) is 2.26. The zero-order valence-electron chi connectivity index (χ0n) is 14.0. The van der Waals surface area contributed by atoms with Crippen LogP contribution < -0.4 is 10.6 Å². The molecule has 0 bridgehead atoms. The first-order valence-electron chi connectivity index (χ1n) is 7.83. The van der Waals surface area contributed by atoms with Crippen molar-refractivity contribution < 1.29 is 14.5 Å². The number of thiazole rings is 1. The lowest BCUT2D eigenvalue weighted by Gasteiger charge is -2.05. The van der Waals surface area contributed by atoms with E-state index in [0.29, 0.717) is 22.8 Å². The van der Waals surface area contributed by atoms with Crippen molar-refractivity contribution >= 4 is 61.5 Å². The molecule has 1 aromatic heterocycles. The van der Waals surface area contributed by atoms with Crippen molar-refractivity contribution in [3.8, 4) is 0 Å². The van der Waals surface area contributed by atoms with Gasteiger partial charge in [0.1, 0.15) is 5.02 Å². The largest absolute Gasteiger partial charge is 0.322 e. The number of hydrogen-bond acceptors (Lipinski definition) is 6. The van der Waals surface area contributed by atoms with E-state index in [1.54, 1.807) is 25.1 Å². The molecule has 2 N–H and O–H groups in total. The fraction of sp³-hybridized carbons (Fsp3) is 0.118. The second-order valence-corrected chi connectivity index (χ2v) is 6.92. The molecular formula is C17H13ClN4O4S. The normalized spacial score (nSPS) is 10.6. The Balaban J connectivity index is 1.81. The maximum atomic E-state index is 12.4. The van der Waals surface area contributed by atoms with Gasteiger partial charge in [-0.25, -0.2) is 4.98 Å². The molecule has 0 fully saturated rings. The number of carbonyl (C=O) groups excluding carboxylic acids is 2. The van der Waals surface area contributed by atoms with Crippen LogP contribution in [-0.2, 0) is 4.79 Å². The van der Waals surface area contributed by atoms with Crippen LogP contribution in [0, 0.1) is 10.1 Å². The summed E-state index contributed by atoms with van der Waals surface area (Å²) in [5, 5.41) is 16.8. The third kappa shape index (κ3) is 4.21. The minimum absolute atomic E-state index is 0.0377. The lowest BCUT2D eigenvalue weighted by Crippen LogP contribution is -2.12. The summed E-state index contributed by atoms with van der Waals surface area (Å²) in [6.45, 7) is 1.75. The number of nitro benzene ring substituents is 1. The van der Waals surface area contributed by atoms with E-state index < -0.39 is 10.8 Å². The van der Waals surface area contributed by atoms with Crippen molar-refractivity contribution in [1.29, 1.82) is 0 Å². The van der Waals surface area contributed by atoms with E-state index in [0.717, 1.165) is 10.8 Å². The summed E-state index contributed by atoms with van der Waals surface area (Å²) in [6, 6.07) is 8.94. The second kappa shape index (κ2) is 7.68. The molecule has 0 atom stereocenters. The van der Waals surface area contributed by atoms with E-state index in [1.165, 1.54) is 23.5 Å². The second-order valence-electron chi connectivity index (χ2n) is 5.48. The first-order chi connectivity index (χ1) is 12.9. The van der Waals surface area contributed by atoms with E-state index in [-0.39, 0.29) is 22.2 Å². The number of hydrogen-bond donors (Lipinski definition) is 2. The van der Waals surface area contributed by atoms with Crippen LogP contribution in [0.5, 0.6) is 0 Å². The fourth-order valence-corrected chi connectivity index (χ4v) is 3.37. The van der Waals surface area contributed by atoms with Gasteiger partial charge in [0.05, 0.1) is 15.1 Å². The minimum Gasteiger partial charge on any atom is -0.322 e. The van der Waals surface area contributed by atoms with Crippen molar-refractivity contribution in [2.45, 2.75) is 13.3 Å². The van der Waals surface area contributed by atoms with Crippen LogP contribution in [0.2, 0.25) is 5.02 Å². The quantitative estimate of drug-likeness (QED) is 0.481. The predicted molar refractivity (Wildman–Crippen MR) is 105 cm³/mol. The van der Waals surface area contributed by atoms with Gasteiger partial charge in [0, 0.05) is 23.7 Å². The van der Waals surface area contributed by atoms with E-state index in [2.05, 4.69) is 15.6 Å². The monoisotopic (exact) mass is 404 g/mol. The maximum Gasteiger partial charge on any atom is 0.288 e. The van der Waals surface area contributed by atoms with Crippen LogP contribution in [0.15, 0.2) is 36.4 Å². The number of aromatic nitrogens is 1. The van der Waals surface area contributed by atoms with E-state index in [1.807, 2.05) is 0 Å². The zero-order valence-corrected chi connectivity index (χ0v) is 15.6. The average molecular weight is 405 g/mol.